The highest BCUT2D eigenvalue weighted by Gasteiger charge is 2.24. The summed E-state index contributed by atoms with van der Waals surface area (Å²) in [6.45, 7) is 2.42. The molecule has 0 unspecified atom stereocenters. The average Bonchev–Trinajstić information content (AvgIpc) is 2.15. The molecule has 0 atom stereocenters. The van der Waals surface area contributed by atoms with E-state index in [-0.39, 0.29) is 11.1 Å². The van der Waals surface area contributed by atoms with E-state index in [4.69, 9.17) is 5.11 Å². The number of Topliss-reactive ketones (excluding diaryl/α,β-unsaturated/α-hetero) is 1. The molecule has 0 spiro atoms. The van der Waals surface area contributed by atoms with Crippen LogP contribution >= 0.6 is 0 Å². The van der Waals surface area contributed by atoms with Crippen molar-refractivity contribution in [1.82, 2.24) is 0 Å². The maximum atomic E-state index is 13.4. The summed E-state index contributed by atoms with van der Waals surface area (Å²) in [6, 6.07) is 0.920. The molecule has 0 aromatic heterocycles. The van der Waals surface area contributed by atoms with E-state index in [0.29, 0.717) is 0 Å². The summed E-state index contributed by atoms with van der Waals surface area (Å²) in [5.74, 6) is -5.02. The molecule has 0 fully saturated rings. The van der Waals surface area contributed by atoms with Gasteiger partial charge in [-0.1, -0.05) is 0 Å². The van der Waals surface area contributed by atoms with Gasteiger partial charge in [-0.15, -0.1) is 0 Å². The molecule has 1 aromatic carbocycles. The predicted molar refractivity (Wildman–Crippen MR) is 47.8 cm³/mol. The first-order valence-electron chi connectivity index (χ1n) is 4.09. The van der Waals surface area contributed by atoms with Gasteiger partial charge < -0.3 is 5.11 Å². The van der Waals surface area contributed by atoms with E-state index in [1.807, 2.05) is 0 Å². The molecule has 0 heterocycles. The minimum absolute atomic E-state index is 0.0947. The first-order chi connectivity index (χ1) is 6.86. The van der Waals surface area contributed by atoms with Crippen molar-refractivity contribution in [2.24, 2.45) is 0 Å². The zero-order valence-corrected chi connectivity index (χ0v) is 8.10. The van der Waals surface area contributed by atoms with Crippen LogP contribution < -0.4 is 0 Å². The SMILES string of the molecule is Cc1cc(F)c(C)c(C(=O)C(=O)O)c1F. The van der Waals surface area contributed by atoms with Gasteiger partial charge in [0.05, 0.1) is 5.56 Å². The van der Waals surface area contributed by atoms with Crippen LogP contribution in [-0.2, 0) is 4.79 Å². The van der Waals surface area contributed by atoms with Crippen LogP contribution in [0.2, 0.25) is 0 Å². The average molecular weight is 214 g/mol. The van der Waals surface area contributed by atoms with E-state index < -0.39 is 29.0 Å². The van der Waals surface area contributed by atoms with Crippen LogP contribution in [0.4, 0.5) is 8.78 Å². The van der Waals surface area contributed by atoms with E-state index in [1.54, 1.807) is 0 Å². The molecule has 1 aromatic rings. The van der Waals surface area contributed by atoms with E-state index in [1.165, 1.54) is 6.92 Å². The molecule has 0 aliphatic carbocycles. The Kier molecular flexibility index (Phi) is 2.83. The van der Waals surface area contributed by atoms with E-state index in [0.717, 1.165) is 13.0 Å². The molecule has 0 amide bonds. The van der Waals surface area contributed by atoms with Gasteiger partial charge in [0.25, 0.3) is 5.78 Å². The van der Waals surface area contributed by atoms with Crippen molar-refractivity contribution in [2.45, 2.75) is 13.8 Å². The fourth-order valence-corrected chi connectivity index (χ4v) is 1.22. The van der Waals surface area contributed by atoms with Crippen molar-refractivity contribution in [2.75, 3.05) is 0 Å². The summed E-state index contributed by atoms with van der Waals surface area (Å²) in [7, 11) is 0. The highest BCUT2D eigenvalue weighted by Crippen LogP contribution is 2.20. The molecule has 0 radical (unpaired) electrons. The fourth-order valence-electron chi connectivity index (χ4n) is 1.22. The fraction of sp³-hybridized carbons (Fsp3) is 0.200. The number of halogens is 2. The number of aliphatic carboxylic acids is 1. The summed E-state index contributed by atoms with van der Waals surface area (Å²) in [5.41, 5.74) is -1.09. The van der Waals surface area contributed by atoms with Crippen molar-refractivity contribution >= 4 is 11.8 Å². The number of carboxylic acid groups (broad SMARTS) is 1. The third-order valence-electron chi connectivity index (χ3n) is 2.06. The maximum Gasteiger partial charge on any atom is 0.377 e. The molecule has 0 aliphatic heterocycles. The Labute approximate surface area is 84.3 Å². The normalized spacial score (nSPS) is 10.1. The number of carboxylic acids is 1. The summed E-state index contributed by atoms with van der Waals surface area (Å²) >= 11 is 0. The Hall–Kier alpha value is -1.78. The number of aryl methyl sites for hydroxylation is 1. The topological polar surface area (TPSA) is 54.4 Å². The zero-order valence-electron chi connectivity index (χ0n) is 8.10. The molecule has 1 N–H and O–H groups in total. The number of rotatable bonds is 2. The molecule has 0 saturated carbocycles. The lowest BCUT2D eigenvalue weighted by Crippen LogP contribution is -2.17. The van der Waals surface area contributed by atoms with Gasteiger partial charge in [0, 0.05) is 0 Å². The van der Waals surface area contributed by atoms with Crippen LogP contribution in [0.25, 0.3) is 0 Å². The first-order valence-corrected chi connectivity index (χ1v) is 4.09. The van der Waals surface area contributed by atoms with Gasteiger partial charge in [0.15, 0.2) is 0 Å². The Morgan fingerprint density at radius 1 is 1.27 bits per heavy atom. The summed E-state index contributed by atoms with van der Waals surface area (Å²) < 4.78 is 26.5. The number of benzene rings is 1. The number of hydrogen-bond acceptors (Lipinski definition) is 2. The van der Waals surface area contributed by atoms with Gasteiger partial charge in [-0.3, -0.25) is 4.79 Å². The second-order valence-electron chi connectivity index (χ2n) is 3.12. The Morgan fingerprint density at radius 3 is 2.27 bits per heavy atom. The van der Waals surface area contributed by atoms with Crippen molar-refractivity contribution in [1.29, 1.82) is 0 Å². The monoisotopic (exact) mass is 214 g/mol. The van der Waals surface area contributed by atoms with Crippen LogP contribution in [-0.4, -0.2) is 16.9 Å². The molecule has 0 bridgehead atoms. The lowest BCUT2D eigenvalue weighted by atomic mass is 10.0. The largest absolute Gasteiger partial charge is 0.475 e. The lowest BCUT2D eigenvalue weighted by molar-refractivity contribution is -0.131. The third-order valence-corrected chi connectivity index (χ3v) is 2.06. The number of hydrogen-bond donors (Lipinski definition) is 1. The summed E-state index contributed by atoms with van der Waals surface area (Å²) in [6.07, 6.45) is 0. The quantitative estimate of drug-likeness (QED) is 0.603. The number of ketones is 1. The van der Waals surface area contributed by atoms with Gasteiger partial charge in [0.1, 0.15) is 11.6 Å². The molecule has 0 aliphatic rings. The Balaban J connectivity index is 3.53. The van der Waals surface area contributed by atoms with Crippen LogP contribution in [0.5, 0.6) is 0 Å². The van der Waals surface area contributed by atoms with Gasteiger partial charge in [0.2, 0.25) is 0 Å². The zero-order chi connectivity index (χ0) is 11.7. The minimum atomic E-state index is -1.80. The van der Waals surface area contributed by atoms with Crippen molar-refractivity contribution in [3.8, 4) is 0 Å². The second-order valence-corrected chi connectivity index (χ2v) is 3.12. The molecule has 0 saturated heterocycles. The van der Waals surface area contributed by atoms with Crippen LogP contribution in [0.15, 0.2) is 6.07 Å². The van der Waals surface area contributed by atoms with Crippen molar-refractivity contribution in [3.63, 3.8) is 0 Å². The third kappa shape index (κ3) is 1.86. The van der Waals surface area contributed by atoms with E-state index in [2.05, 4.69) is 0 Å². The number of carbonyl (C=O) groups is 2. The van der Waals surface area contributed by atoms with Crippen LogP contribution in [0, 0.1) is 25.5 Å². The van der Waals surface area contributed by atoms with Gasteiger partial charge >= 0.3 is 5.97 Å². The minimum Gasteiger partial charge on any atom is -0.475 e. The smallest absolute Gasteiger partial charge is 0.377 e. The highest BCUT2D eigenvalue weighted by atomic mass is 19.1. The Bertz CT molecular complexity index is 426. The standard InChI is InChI=1S/C10H8F2O3/c1-4-3-6(11)5(2)7(8(4)12)9(13)10(14)15/h3H,1-2H3,(H,14,15). The second kappa shape index (κ2) is 3.76. The maximum absolute atomic E-state index is 13.4. The number of carbonyl (C=O) groups excluding carboxylic acids is 1. The van der Waals surface area contributed by atoms with Crippen LogP contribution in [0.1, 0.15) is 21.5 Å². The predicted octanol–water partition coefficient (Wildman–Crippen LogP) is 1.85. The molecule has 5 heteroatoms. The lowest BCUT2D eigenvalue weighted by Gasteiger charge is -2.07. The Morgan fingerprint density at radius 2 is 1.80 bits per heavy atom. The summed E-state index contributed by atoms with van der Waals surface area (Å²) in [4.78, 5) is 21.5. The van der Waals surface area contributed by atoms with Crippen LogP contribution in [0.3, 0.4) is 0 Å². The van der Waals surface area contributed by atoms with E-state index in [9.17, 15) is 18.4 Å². The summed E-state index contributed by atoms with van der Waals surface area (Å²) in [5, 5.41) is 8.43. The molecule has 15 heavy (non-hydrogen) atoms. The molecule has 1 rings (SSSR count). The van der Waals surface area contributed by atoms with Crippen molar-refractivity contribution < 1.29 is 23.5 Å². The van der Waals surface area contributed by atoms with Gasteiger partial charge in [-0.25, -0.2) is 13.6 Å². The highest BCUT2D eigenvalue weighted by molar-refractivity contribution is 6.40. The first kappa shape index (κ1) is 11.3. The van der Waals surface area contributed by atoms with Gasteiger partial charge in [-0.2, -0.15) is 0 Å². The van der Waals surface area contributed by atoms with Crippen molar-refractivity contribution in [3.05, 3.63) is 34.4 Å². The molecular formula is C10H8F2O3. The molecule has 3 nitrogen and oxygen atoms in total. The van der Waals surface area contributed by atoms with Gasteiger partial charge in [-0.05, 0) is 31.0 Å². The molecule has 80 valence electrons. The van der Waals surface area contributed by atoms with E-state index >= 15 is 0 Å². The molecular weight excluding hydrogens is 206 g/mol.